The van der Waals surface area contributed by atoms with Crippen LogP contribution in [-0.4, -0.2) is 33.5 Å². The summed E-state index contributed by atoms with van der Waals surface area (Å²) in [6, 6.07) is 8.51. The lowest BCUT2D eigenvalue weighted by Gasteiger charge is -2.20. The molecule has 4 rings (SSSR count). The van der Waals surface area contributed by atoms with Crippen molar-refractivity contribution in [1.82, 2.24) is 24.2 Å². The fraction of sp³-hybridized carbons (Fsp3) is 0.217. The number of pyridine rings is 1. The van der Waals surface area contributed by atoms with Crippen molar-refractivity contribution >= 4 is 21.1 Å². The fourth-order valence-corrected chi connectivity index (χ4v) is 5.01. The monoisotopic (exact) mass is 500 g/mol. The molecule has 1 aromatic carbocycles. The maximum absolute atomic E-state index is 13.4. The van der Waals surface area contributed by atoms with Crippen molar-refractivity contribution in [3.05, 3.63) is 66.2 Å². The van der Waals surface area contributed by atoms with Crippen LogP contribution in [0.15, 0.2) is 60.0 Å². The van der Waals surface area contributed by atoms with Gasteiger partial charge in [-0.3, -0.25) is 9.55 Å². The maximum atomic E-state index is 13.4. The summed E-state index contributed by atoms with van der Waals surface area (Å²) < 4.78 is 69.4. The van der Waals surface area contributed by atoms with Crippen molar-refractivity contribution in [2.75, 3.05) is 0 Å². The fourth-order valence-electron chi connectivity index (χ4n) is 3.59. The summed E-state index contributed by atoms with van der Waals surface area (Å²) >= 11 is 0. The van der Waals surface area contributed by atoms with Crippen LogP contribution >= 0.6 is 0 Å². The van der Waals surface area contributed by atoms with Crippen LogP contribution in [0.4, 0.5) is 13.2 Å². The molecule has 3 heterocycles. The van der Waals surface area contributed by atoms with E-state index >= 15 is 0 Å². The van der Waals surface area contributed by atoms with Crippen molar-refractivity contribution in [2.24, 2.45) is 0 Å². The van der Waals surface area contributed by atoms with Gasteiger partial charge in [-0.15, -0.1) is 0 Å². The minimum absolute atomic E-state index is 0.00525. The summed E-state index contributed by atoms with van der Waals surface area (Å²) in [5.74, 6) is 0.229. The van der Waals surface area contributed by atoms with E-state index in [1.54, 1.807) is 20.8 Å². The van der Waals surface area contributed by atoms with E-state index in [4.69, 9.17) is 0 Å². The highest BCUT2D eigenvalue weighted by Gasteiger charge is 2.33. The molecule has 0 radical (unpaired) electrons. The number of nitrogens with zero attached hydrogens (tertiary/aromatic N) is 5. The van der Waals surface area contributed by atoms with E-state index in [2.05, 4.69) is 19.7 Å². The SMILES string of the molecule is CC(C)(C)NS(=O)(=O)c1ccc(-c2c(C#N)c3cc(C(F)(F)F)cnc3n2-c2cnccn2)cc1. The van der Waals surface area contributed by atoms with Crippen LogP contribution in [0.2, 0.25) is 0 Å². The van der Waals surface area contributed by atoms with Crippen LogP contribution < -0.4 is 4.72 Å². The predicted octanol–water partition coefficient (Wildman–Crippen LogP) is 4.45. The van der Waals surface area contributed by atoms with Crippen molar-refractivity contribution in [1.29, 1.82) is 5.26 Å². The second kappa shape index (κ2) is 8.44. The molecule has 0 bridgehead atoms. The third-order valence-corrected chi connectivity index (χ3v) is 6.68. The van der Waals surface area contributed by atoms with Gasteiger partial charge in [-0.25, -0.2) is 23.1 Å². The molecule has 0 atom stereocenters. The number of hydrogen-bond donors (Lipinski definition) is 1. The first-order valence-corrected chi connectivity index (χ1v) is 11.7. The third kappa shape index (κ3) is 4.73. The van der Waals surface area contributed by atoms with Gasteiger partial charge in [-0.2, -0.15) is 18.4 Å². The third-order valence-electron chi connectivity index (χ3n) is 4.90. The molecular weight excluding hydrogens is 481 g/mol. The van der Waals surface area contributed by atoms with E-state index in [9.17, 15) is 26.9 Å². The van der Waals surface area contributed by atoms with Crippen LogP contribution in [0.5, 0.6) is 0 Å². The number of hydrogen-bond acceptors (Lipinski definition) is 6. The Hall–Kier alpha value is -3.82. The largest absolute Gasteiger partial charge is 0.417 e. The molecule has 0 saturated heterocycles. The number of benzene rings is 1. The minimum Gasteiger partial charge on any atom is -0.275 e. The van der Waals surface area contributed by atoms with Crippen molar-refractivity contribution in [3.8, 4) is 23.1 Å². The minimum atomic E-state index is -4.65. The highest BCUT2D eigenvalue weighted by molar-refractivity contribution is 7.89. The first-order chi connectivity index (χ1) is 16.3. The number of fused-ring (bicyclic) bond motifs is 1. The zero-order valence-electron chi connectivity index (χ0n) is 18.8. The van der Waals surface area contributed by atoms with Gasteiger partial charge in [0.2, 0.25) is 10.0 Å². The lowest BCUT2D eigenvalue weighted by atomic mass is 10.1. The lowest BCUT2D eigenvalue weighted by Crippen LogP contribution is -2.40. The second-order valence-electron chi connectivity index (χ2n) is 8.71. The normalized spacial score (nSPS) is 12.6. The van der Waals surface area contributed by atoms with Gasteiger partial charge in [0.15, 0.2) is 5.82 Å². The first-order valence-electron chi connectivity index (χ1n) is 10.2. The molecule has 0 aliphatic rings. The molecule has 1 N–H and O–H groups in total. The molecule has 180 valence electrons. The number of alkyl halides is 3. The number of nitriles is 1. The van der Waals surface area contributed by atoms with Gasteiger partial charge in [-0.1, -0.05) is 12.1 Å². The van der Waals surface area contributed by atoms with Crippen LogP contribution in [0, 0.1) is 11.3 Å². The van der Waals surface area contributed by atoms with Crippen LogP contribution in [0.1, 0.15) is 31.9 Å². The average molecular weight is 501 g/mol. The molecular formula is C23H19F3N6O2S. The smallest absolute Gasteiger partial charge is 0.275 e. The highest BCUT2D eigenvalue weighted by atomic mass is 32.2. The standard InChI is InChI=1S/C23H19F3N6O2S/c1-22(2,3)31-35(33,34)16-6-4-14(5-7-16)20-18(11-27)17-10-15(23(24,25)26)12-30-21(17)32(20)19-13-28-8-9-29-19/h4-10,12-13,31H,1-3H3. The Morgan fingerprint density at radius 1 is 1.03 bits per heavy atom. The molecule has 0 spiro atoms. The van der Waals surface area contributed by atoms with Crippen molar-refractivity contribution in [2.45, 2.75) is 37.4 Å². The number of aromatic nitrogens is 4. The summed E-state index contributed by atoms with van der Waals surface area (Å²) in [6.07, 6.45) is 0.244. The number of rotatable bonds is 4. The van der Waals surface area contributed by atoms with Crippen LogP contribution in [-0.2, 0) is 16.2 Å². The van der Waals surface area contributed by atoms with Crippen molar-refractivity contribution < 1.29 is 21.6 Å². The Morgan fingerprint density at radius 3 is 2.26 bits per heavy atom. The molecule has 12 heteroatoms. The van der Waals surface area contributed by atoms with Gasteiger partial charge in [0.25, 0.3) is 0 Å². The van der Waals surface area contributed by atoms with Crippen LogP contribution in [0.3, 0.4) is 0 Å². The molecule has 0 amide bonds. The van der Waals surface area contributed by atoms with Gasteiger partial charge in [-0.05, 0) is 39.0 Å². The molecule has 0 aliphatic heterocycles. The molecule has 0 saturated carbocycles. The summed E-state index contributed by atoms with van der Waals surface area (Å²) in [5, 5.41) is 9.91. The number of halogens is 3. The highest BCUT2D eigenvalue weighted by Crippen LogP contribution is 2.38. The predicted molar refractivity (Wildman–Crippen MR) is 122 cm³/mol. The van der Waals surface area contributed by atoms with Gasteiger partial charge >= 0.3 is 6.18 Å². The van der Waals surface area contributed by atoms with E-state index in [0.29, 0.717) is 11.8 Å². The van der Waals surface area contributed by atoms with Crippen LogP contribution in [0.25, 0.3) is 28.1 Å². The number of nitrogens with one attached hydrogen (secondary N) is 1. The molecule has 0 aliphatic carbocycles. The maximum Gasteiger partial charge on any atom is 0.417 e. The molecule has 0 unspecified atom stereocenters. The van der Waals surface area contributed by atoms with Gasteiger partial charge < -0.3 is 0 Å². The summed E-state index contributed by atoms with van der Waals surface area (Å²) in [6.45, 7) is 5.12. The quantitative estimate of drug-likeness (QED) is 0.443. The van der Waals surface area contributed by atoms with E-state index in [-0.39, 0.29) is 33.0 Å². The molecule has 35 heavy (non-hydrogen) atoms. The molecule has 8 nitrogen and oxygen atoms in total. The van der Waals surface area contributed by atoms with E-state index in [1.807, 2.05) is 6.07 Å². The summed E-state index contributed by atoms with van der Waals surface area (Å²) in [5.41, 5.74) is -1.09. The zero-order valence-corrected chi connectivity index (χ0v) is 19.6. The topological polar surface area (TPSA) is 114 Å². The average Bonchev–Trinajstić information content (AvgIpc) is 3.11. The summed E-state index contributed by atoms with van der Waals surface area (Å²) in [7, 11) is -3.82. The Kier molecular flexibility index (Phi) is 5.86. The second-order valence-corrected chi connectivity index (χ2v) is 10.4. The zero-order chi connectivity index (χ0) is 25.6. The van der Waals surface area contributed by atoms with Crippen molar-refractivity contribution in [3.63, 3.8) is 0 Å². The Labute approximate surface area is 199 Å². The van der Waals surface area contributed by atoms with Gasteiger partial charge in [0.1, 0.15) is 11.7 Å². The summed E-state index contributed by atoms with van der Waals surface area (Å²) in [4.78, 5) is 12.2. The van der Waals surface area contributed by atoms with Gasteiger partial charge in [0, 0.05) is 35.1 Å². The molecule has 0 fully saturated rings. The van der Waals surface area contributed by atoms with E-state index in [0.717, 1.165) is 6.07 Å². The van der Waals surface area contributed by atoms with E-state index < -0.39 is 27.3 Å². The first kappa shape index (κ1) is 24.3. The Balaban J connectivity index is 1.97. The molecule has 4 aromatic rings. The van der Waals surface area contributed by atoms with Gasteiger partial charge in [0.05, 0.1) is 27.9 Å². The van der Waals surface area contributed by atoms with E-state index in [1.165, 1.54) is 47.4 Å². The molecule has 3 aromatic heterocycles. The Morgan fingerprint density at radius 2 is 1.71 bits per heavy atom. The lowest BCUT2D eigenvalue weighted by molar-refractivity contribution is -0.137. The number of sulfonamides is 1. The Bertz CT molecular complexity index is 1550.